The van der Waals surface area contributed by atoms with Crippen LogP contribution in [0.15, 0.2) is 23.2 Å². The zero-order valence-electron chi connectivity index (χ0n) is 7.00. The number of hydrogen-bond donors (Lipinski definition) is 0. The Kier molecular flexibility index (Phi) is 1.61. The van der Waals surface area contributed by atoms with E-state index < -0.39 is 0 Å². The van der Waals surface area contributed by atoms with Gasteiger partial charge in [0.15, 0.2) is 0 Å². The molecule has 62 valence electrons. The van der Waals surface area contributed by atoms with Crippen molar-refractivity contribution in [3.8, 4) is 0 Å². The van der Waals surface area contributed by atoms with E-state index in [0.717, 1.165) is 12.1 Å². The molecule has 1 aromatic carbocycles. The number of hydrogen-bond acceptors (Lipinski definition) is 2. The number of rotatable bonds is 0. The minimum atomic E-state index is 0.00588. The standard InChI is InChI=1S/C10H11NO/c1-7-2-4-9-8(6-7)3-5-10(12)11-9/h2,4,6H,3,5H2,1H3,(H,11,12)/p-1. The Morgan fingerprint density at radius 2 is 2.17 bits per heavy atom. The van der Waals surface area contributed by atoms with Gasteiger partial charge in [-0.25, -0.2) is 0 Å². The summed E-state index contributed by atoms with van der Waals surface area (Å²) < 4.78 is 0. The van der Waals surface area contributed by atoms with E-state index in [9.17, 15) is 5.11 Å². The van der Waals surface area contributed by atoms with E-state index in [1.54, 1.807) is 0 Å². The van der Waals surface area contributed by atoms with Gasteiger partial charge >= 0.3 is 0 Å². The lowest BCUT2D eigenvalue weighted by molar-refractivity contribution is -0.218. The molecule has 0 aromatic heterocycles. The summed E-state index contributed by atoms with van der Waals surface area (Å²) in [5.74, 6) is 0.00588. The molecule has 1 aliphatic rings. The minimum Gasteiger partial charge on any atom is -0.862 e. The molecule has 0 atom stereocenters. The Bertz CT molecular complexity index is 342. The van der Waals surface area contributed by atoms with Gasteiger partial charge in [0, 0.05) is 0 Å². The number of benzene rings is 1. The molecule has 12 heavy (non-hydrogen) atoms. The molecule has 2 nitrogen and oxygen atoms in total. The lowest BCUT2D eigenvalue weighted by atomic mass is 10.0. The smallest absolute Gasteiger partial charge is 0.0650 e. The first-order valence-corrected chi connectivity index (χ1v) is 4.10. The van der Waals surface area contributed by atoms with Crippen molar-refractivity contribution in [1.82, 2.24) is 0 Å². The van der Waals surface area contributed by atoms with E-state index in [4.69, 9.17) is 0 Å². The lowest BCUT2D eigenvalue weighted by Gasteiger charge is -2.18. The van der Waals surface area contributed by atoms with E-state index in [0.29, 0.717) is 6.42 Å². The van der Waals surface area contributed by atoms with Crippen molar-refractivity contribution in [2.45, 2.75) is 19.8 Å². The summed E-state index contributed by atoms with van der Waals surface area (Å²) in [6, 6.07) is 6.01. The molecule has 0 saturated carbocycles. The predicted molar refractivity (Wildman–Crippen MR) is 46.6 cm³/mol. The van der Waals surface area contributed by atoms with Gasteiger partial charge in [0.25, 0.3) is 0 Å². The highest BCUT2D eigenvalue weighted by molar-refractivity contribution is 5.78. The topological polar surface area (TPSA) is 35.4 Å². The Labute approximate surface area is 71.6 Å². The molecule has 2 heteroatoms. The Morgan fingerprint density at radius 3 is 3.00 bits per heavy atom. The molecule has 1 heterocycles. The molecule has 0 radical (unpaired) electrons. The molecule has 0 unspecified atom stereocenters. The zero-order chi connectivity index (χ0) is 8.55. The minimum absolute atomic E-state index is 0.00588. The van der Waals surface area contributed by atoms with Crippen LogP contribution < -0.4 is 5.11 Å². The summed E-state index contributed by atoms with van der Waals surface area (Å²) in [4.78, 5) is 3.95. The normalized spacial score (nSPS) is 15.2. The summed E-state index contributed by atoms with van der Waals surface area (Å²) in [6.07, 6.45) is 1.41. The van der Waals surface area contributed by atoms with Crippen LogP contribution in [0, 0.1) is 6.92 Å². The summed E-state index contributed by atoms with van der Waals surface area (Å²) in [6.45, 7) is 2.05. The molecule has 2 rings (SSSR count). The third kappa shape index (κ3) is 1.20. The monoisotopic (exact) mass is 160 g/mol. The molecular weight excluding hydrogens is 150 g/mol. The van der Waals surface area contributed by atoms with E-state index in [-0.39, 0.29) is 5.90 Å². The third-order valence-electron chi connectivity index (χ3n) is 2.09. The van der Waals surface area contributed by atoms with Gasteiger partial charge in [0.2, 0.25) is 0 Å². The van der Waals surface area contributed by atoms with Crippen LogP contribution in [0.5, 0.6) is 0 Å². The average Bonchev–Trinajstić information content (AvgIpc) is 2.05. The van der Waals surface area contributed by atoms with Crippen LogP contribution in [-0.2, 0) is 6.42 Å². The highest BCUT2D eigenvalue weighted by Gasteiger charge is 2.05. The molecule has 0 N–H and O–H groups in total. The van der Waals surface area contributed by atoms with Gasteiger partial charge in [-0.15, -0.1) is 0 Å². The molecule has 0 saturated heterocycles. The molecule has 0 bridgehead atoms. The van der Waals surface area contributed by atoms with Crippen LogP contribution in [-0.4, -0.2) is 5.90 Å². The van der Waals surface area contributed by atoms with E-state index in [1.165, 1.54) is 11.1 Å². The Morgan fingerprint density at radius 1 is 1.33 bits per heavy atom. The quantitative estimate of drug-likeness (QED) is 0.564. The summed E-state index contributed by atoms with van der Waals surface area (Å²) >= 11 is 0. The van der Waals surface area contributed by atoms with Crippen LogP contribution in [0.25, 0.3) is 0 Å². The number of fused-ring (bicyclic) bond motifs is 1. The second-order valence-electron chi connectivity index (χ2n) is 3.14. The van der Waals surface area contributed by atoms with Gasteiger partial charge in [-0.05, 0) is 37.3 Å². The van der Waals surface area contributed by atoms with Crippen molar-refractivity contribution in [3.63, 3.8) is 0 Å². The average molecular weight is 160 g/mol. The van der Waals surface area contributed by atoms with E-state index in [2.05, 4.69) is 18.0 Å². The maximum Gasteiger partial charge on any atom is 0.0650 e. The van der Waals surface area contributed by atoms with Gasteiger partial charge < -0.3 is 5.11 Å². The van der Waals surface area contributed by atoms with Crippen LogP contribution in [0.4, 0.5) is 5.69 Å². The first-order valence-electron chi connectivity index (χ1n) is 4.10. The highest BCUT2D eigenvalue weighted by Crippen LogP contribution is 2.25. The fourth-order valence-corrected chi connectivity index (χ4v) is 1.46. The fraction of sp³-hybridized carbons (Fsp3) is 0.300. The molecule has 0 spiro atoms. The predicted octanol–water partition coefficient (Wildman–Crippen LogP) is 1.33. The van der Waals surface area contributed by atoms with Crippen LogP contribution in [0.1, 0.15) is 17.5 Å². The van der Waals surface area contributed by atoms with Gasteiger partial charge in [-0.3, -0.25) is 4.99 Å². The number of aliphatic imine (C=N–C) groups is 1. The third-order valence-corrected chi connectivity index (χ3v) is 2.09. The highest BCUT2D eigenvalue weighted by atomic mass is 16.3. The van der Waals surface area contributed by atoms with Gasteiger partial charge in [-0.2, -0.15) is 0 Å². The molecule has 0 fully saturated rings. The first-order chi connectivity index (χ1) is 5.75. The molecule has 1 aromatic rings. The van der Waals surface area contributed by atoms with Gasteiger partial charge in [-0.1, -0.05) is 17.7 Å². The van der Waals surface area contributed by atoms with Gasteiger partial charge in [0.1, 0.15) is 0 Å². The fourth-order valence-electron chi connectivity index (χ4n) is 1.46. The number of aryl methyl sites for hydroxylation is 2. The Hall–Kier alpha value is -1.31. The maximum atomic E-state index is 10.9. The second-order valence-corrected chi connectivity index (χ2v) is 3.14. The lowest BCUT2D eigenvalue weighted by Crippen LogP contribution is -2.20. The molecule has 1 aliphatic heterocycles. The van der Waals surface area contributed by atoms with Crippen molar-refractivity contribution < 1.29 is 5.11 Å². The largest absolute Gasteiger partial charge is 0.862 e. The Balaban J connectivity index is 2.51. The van der Waals surface area contributed by atoms with E-state index in [1.807, 2.05) is 12.1 Å². The second kappa shape index (κ2) is 2.63. The summed E-state index contributed by atoms with van der Waals surface area (Å²) in [5.41, 5.74) is 3.30. The zero-order valence-corrected chi connectivity index (χ0v) is 7.00. The maximum absolute atomic E-state index is 10.9. The van der Waals surface area contributed by atoms with Gasteiger partial charge in [0.05, 0.1) is 5.69 Å². The van der Waals surface area contributed by atoms with Crippen LogP contribution in [0.3, 0.4) is 0 Å². The molecular formula is C10H10NO-. The van der Waals surface area contributed by atoms with Crippen molar-refractivity contribution in [1.29, 1.82) is 0 Å². The SMILES string of the molecule is Cc1ccc2c(c1)CCC([O-])=N2. The molecule has 0 aliphatic carbocycles. The first kappa shape index (κ1) is 7.35. The van der Waals surface area contributed by atoms with Crippen LogP contribution in [0.2, 0.25) is 0 Å². The van der Waals surface area contributed by atoms with Crippen molar-refractivity contribution in [2.24, 2.45) is 4.99 Å². The summed E-state index contributed by atoms with van der Waals surface area (Å²) in [7, 11) is 0. The van der Waals surface area contributed by atoms with E-state index >= 15 is 0 Å². The van der Waals surface area contributed by atoms with Crippen molar-refractivity contribution >= 4 is 11.6 Å². The van der Waals surface area contributed by atoms with Crippen molar-refractivity contribution in [3.05, 3.63) is 29.3 Å². The number of nitrogens with zero attached hydrogens (tertiary/aromatic N) is 1. The van der Waals surface area contributed by atoms with Crippen LogP contribution >= 0.6 is 0 Å². The van der Waals surface area contributed by atoms with Crippen molar-refractivity contribution in [2.75, 3.05) is 0 Å². The summed E-state index contributed by atoms with van der Waals surface area (Å²) in [5, 5.41) is 10.9. The molecule has 0 amide bonds.